The minimum absolute atomic E-state index is 0.140. The molecule has 0 amide bonds. The molecular formula is C28H27F17N2O5S2. The van der Waals surface area contributed by atoms with Crippen LogP contribution in [0.25, 0.3) is 0 Å². The maximum atomic E-state index is 14.1. The van der Waals surface area contributed by atoms with Gasteiger partial charge >= 0.3 is 47.6 Å². The first kappa shape index (κ1) is 47.0. The molecule has 0 unspecified atom stereocenters. The fraction of sp³-hybridized carbons (Fsp3) is 0.571. The topological polar surface area (TPSA) is 102 Å². The van der Waals surface area contributed by atoms with E-state index in [1.807, 2.05) is 0 Å². The molecule has 0 aliphatic carbocycles. The van der Waals surface area contributed by atoms with Crippen LogP contribution < -0.4 is 14.2 Å². The third-order valence-corrected chi connectivity index (χ3v) is 9.53. The van der Waals surface area contributed by atoms with E-state index in [4.69, 9.17) is 4.74 Å². The van der Waals surface area contributed by atoms with Crippen molar-refractivity contribution in [2.75, 3.05) is 19.4 Å². The van der Waals surface area contributed by atoms with Crippen molar-refractivity contribution in [1.82, 2.24) is 9.44 Å². The summed E-state index contributed by atoms with van der Waals surface area (Å²) in [6, 6.07) is 8.96. The molecule has 2 aromatic carbocycles. The third-order valence-electron chi connectivity index (χ3n) is 7.33. The molecule has 310 valence electrons. The highest BCUT2D eigenvalue weighted by Gasteiger charge is 2.95. The largest absolute Gasteiger partial charge is 0.494 e. The number of halogens is 17. The molecule has 1 atom stereocenters. The van der Waals surface area contributed by atoms with Crippen molar-refractivity contribution in [3.63, 3.8) is 0 Å². The summed E-state index contributed by atoms with van der Waals surface area (Å²) in [4.78, 5) is -0.140. The Kier molecular flexibility index (Phi) is 13.4. The van der Waals surface area contributed by atoms with Crippen LogP contribution >= 0.6 is 0 Å². The minimum atomic E-state index is -8.70. The molecule has 0 fully saturated rings. The first-order chi connectivity index (χ1) is 24.0. The molecule has 0 saturated heterocycles. The fourth-order valence-electron chi connectivity index (χ4n) is 4.31. The number of rotatable bonds is 19. The molecule has 2 N–H and O–H groups in total. The maximum Gasteiger partial charge on any atom is 0.460 e. The first-order valence-electron chi connectivity index (χ1n) is 14.5. The Bertz CT molecular complexity index is 1800. The van der Waals surface area contributed by atoms with Crippen LogP contribution in [0.1, 0.15) is 24.0 Å². The highest BCUT2D eigenvalue weighted by atomic mass is 32.2. The molecule has 2 rings (SSSR count). The predicted octanol–water partition coefficient (Wildman–Crippen LogP) is 7.60. The Morgan fingerprint density at radius 2 is 1.07 bits per heavy atom. The zero-order valence-electron chi connectivity index (χ0n) is 27.0. The van der Waals surface area contributed by atoms with Crippen molar-refractivity contribution in [2.24, 2.45) is 0 Å². The van der Waals surface area contributed by atoms with Gasteiger partial charge in [-0.25, -0.2) is 26.3 Å². The number of benzene rings is 2. The summed E-state index contributed by atoms with van der Waals surface area (Å²) in [5, 5.41) is 0. The second-order valence-electron chi connectivity index (χ2n) is 11.7. The smallest absolute Gasteiger partial charge is 0.460 e. The minimum Gasteiger partial charge on any atom is -0.494 e. The Morgan fingerprint density at radius 1 is 0.630 bits per heavy atom. The summed E-state index contributed by atoms with van der Waals surface area (Å²) in [7, 11) is -8.03. The molecule has 0 aliphatic rings. The third kappa shape index (κ3) is 9.45. The standard InChI is InChI=1S/C28H27F17N2O5S2/c1-16-4-10-20(11-5-16)54(50,51)46-15-18(47-53(2,48)49)14-17-6-8-19(9-7-17)52-13-3-12-21(29,30)22(31,32)23(33,34)24(35,36)25(37,38)26(39,40)27(41,42)28(43,44)45/h4-11,18,46-47H,3,12-15H2,1-2H3/t18-/m0/s1. The Labute approximate surface area is 295 Å². The van der Waals surface area contributed by atoms with Crippen LogP contribution in [0.4, 0.5) is 74.6 Å². The van der Waals surface area contributed by atoms with E-state index < -0.39 is 99.7 Å². The molecule has 26 heteroatoms. The lowest BCUT2D eigenvalue weighted by Crippen LogP contribution is -2.74. The number of hydrogen-bond donors (Lipinski definition) is 2. The summed E-state index contributed by atoms with van der Waals surface area (Å²) in [6.07, 6.45) is -11.4. The summed E-state index contributed by atoms with van der Waals surface area (Å²) < 4.78 is 287. The first-order valence-corrected chi connectivity index (χ1v) is 17.8. The number of ether oxygens (including phenoxy) is 1. The summed E-state index contributed by atoms with van der Waals surface area (Å²) >= 11 is 0. The Morgan fingerprint density at radius 3 is 1.52 bits per heavy atom. The van der Waals surface area contributed by atoms with Gasteiger partial charge in [-0.2, -0.15) is 74.6 Å². The van der Waals surface area contributed by atoms with Crippen molar-refractivity contribution in [3.05, 3.63) is 59.7 Å². The van der Waals surface area contributed by atoms with Gasteiger partial charge in [0.2, 0.25) is 20.0 Å². The van der Waals surface area contributed by atoms with Crippen LogP contribution in [0.15, 0.2) is 53.4 Å². The van der Waals surface area contributed by atoms with Crippen molar-refractivity contribution in [1.29, 1.82) is 0 Å². The van der Waals surface area contributed by atoms with Gasteiger partial charge in [0.1, 0.15) is 5.75 Å². The molecular weight excluding hydrogens is 831 g/mol. The summed E-state index contributed by atoms with van der Waals surface area (Å²) in [5.74, 6) is -57.1. The molecule has 0 aromatic heterocycles. The number of hydrogen-bond acceptors (Lipinski definition) is 5. The zero-order valence-corrected chi connectivity index (χ0v) is 28.6. The zero-order chi connectivity index (χ0) is 42.2. The van der Waals surface area contributed by atoms with Gasteiger partial charge < -0.3 is 4.74 Å². The molecule has 2 aromatic rings. The van der Waals surface area contributed by atoms with E-state index in [0.29, 0.717) is 0 Å². The molecule has 0 heterocycles. The average molecular weight is 859 g/mol. The van der Waals surface area contributed by atoms with E-state index >= 15 is 0 Å². The number of aryl methyl sites for hydroxylation is 1. The highest BCUT2D eigenvalue weighted by molar-refractivity contribution is 7.89. The average Bonchev–Trinajstić information content (AvgIpc) is 3.01. The molecule has 0 radical (unpaired) electrons. The second kappa shape index (κ2) is 15.4. The van der Waals surface area contributed by atoms with Crippen molar-refractivity contribution in [3.8, 4) is 5.75 Å². The van der Waals surface area contributed by atoms with Gasteiger partial charge in [-0.05, 0) is 49.6 Å². The lowest BCUT2D eigenvalue weighted by Gasteiger charge is -2.42. The Hall–Kier alpha value is -3.13. The van der Waals surface area contributed by atoms with E-state index in [1.54, 1.807) is 6.92 Å². The van der Waals surface area contributed by atoms with Crippen LogP contribution in [-0.4, -0.2) is 89.9 Å². The molecule has 0 spiro atoms. The van der Waals surface area contributed by atoms with Gasteiger partial charge in [0, 0.05) is 19.0 Å². The molecule has 54 heavy (non-hydrogen) atoms. The van der Waals surface area contributed by atoms with E-state index in [1.165, 1.54) is 36.4 Å². The summed E-state index contributed by atoms with van der Waals surface area (Å²) in [6.45, 7) is 0.0607. The number of alkyl halides is 17. The van der Waals surface area contributed by atoms with Gasteiger partial charge in [-0.3, -0.25) is 0 Å². The van der Waals surface area contributed by atoms with Crippen molar-refractivity contribution in [2.45, 2.75) is 84.8 Å². The van der Waals surface area contributed by atoms with Gasteiger partial charge in [-0.15, -0.1) is 0 Å². The Balaban J connectivity index is 2.13. The molecule has 0 aliphatic heterocycles. The molecule has 7 nitrogen and oxygen atoms in total. The van der Waals surface area contributed by atoms with E-state index in [0.717, 1.165) is 24.0 Å². The SMILES string of the molecule is Cc1ccc(S(=O)(=O)NC[C@H](Cc2ccc(OCCCC(F)(F)C(F)(F)C(F)(F)C(F)(F)C(F)(F)C(F)(F)C(F)(F)C(F)(F)F)cc2)NS(C)(=O)=O)cc1. The van der Waals surface area contributed by atoms with Gasteiger partial charge in [0.05, 0.1) is 17.8 Å². The van der Waals surface area contributed by atoms with Crippen LogP contribution in [0, 0.1) is 6.92 Å². The summed E-state index contributed by atoms with van der Waals surface area (Å²) in [5.41, 5.74) is 1.01. The lowest BCUT2D eigenvalue weighted by molar-refractivity contribution is -0.461. The number of sulfonamides is 2. The lowest BCUT2D eigenvalue weighted by atomic mass is 9.88. The number of nitrogens with one attached hydrogen (secondary N) is 2. The van der Waals surface area contributed by atoms with Crippen LogP contribution in [0.5, 0.6) is 5.75 Å². The monoisotopic (exact) mass is 858 g/mol. The van der Waals surface area contributed by atoms with Crippen LogP contribution in [0.3, 0.4) is 0 Å². The van der Waals surface area contributed by atoms with E-state index in [2.05, 4.69) is 9.44 Å². The predicted molar refractivity (Wildman–Crippen MR) is 154 cm³/mol. The normalized spacial score (nSPS) is 15.3. The van der Waals surface area contributed by atoms with Crippen LogP contribution in [-0.2, 0) is 26.5 Å². The quantitative estimate of drug-likeness (QED) is 0.112. The van der Waals surface area contributed by atoms with E-state index in [9.17, 15) is 91.5 Å². The molecule has 0 saturated carbocycles. The van der Waals surface area contributed by atoms with Crippen molar-refractivity contribution < 1.29 is 96.2 Å². The van der Waals surface area contributed by atoms with Crippen molar-refractivity contribution >= 4 is 20.0 Å². The van der Waals surface area contributed by atoms with Gasteiger partial charge in [0.15, 0.2) is 0 Å². The maximum absolute atomic E-state index is 14.1. The van der Waals surface area contributed by atoms with E-state index in [-0.39, 0.29) is 22.6 Å². The van der Waals surface area contributed by atoms with Gasteiger partial charge in [0.25, 0.3) is 0 Å². The molecule has 0 bridgehead atoms. The van der Waals surface area contributed by atoms with Crippen LogP contribution in [0.2, 0.25) is 0 Å². The fourth-order valence-corrected chi connectivity index (χ4v) is 6.17. The van der Waals surface area contributed by atoms with Gasteiger partial charge in [-0.1, -0.05) is 29.8 Å². The second-order valence-corrected chi connectivity index (χ2v) is 15.2. The highest BCUT2D eigenvalue weighted by Crippen LogP contribution is 2.64.